The van der Waals surface area contributed by atoms with Gasteiger partial charge in [0.1, 0.15) is 0 Å². The Morgan fingerprint density at radius 2 is 1.79 bits per heavy atom. The SMILES string of the molecule is C/C=C(/CC)C1CCC[C@H]2[C@@H]3CC=C4CC[C@](C)(CC)CCC4(C)[C@H]3CC[C@]12C. The fourth-order valence-corrected chi connectivity index (χ4v) is 8.82. The molecule has 4 aliphatic rings. The normalized spacial score (nSPS) is 48.1. The molecule has 7 atom stereocenters. The van der Waals surface area contributed by atoms with E-state index in [-0.39, 0.29) is 0 Å². The first-order valence-electron chi connectivity index (χ1n) is 13.2. The van der Waals surface area contributed by atoms with Crippen LogP contribution in [0.15, 0.2) is 23.3 Å². The summed E-state index contributed by atoms with van der Waals surface area (Å²) in [5, 5.41) is 0. The molecule has 0 saturated heterocycles. The summed E-state index contributed by atoms with van der Waals surface area (Å²) in [4.78, 5) is 0. The van der Waals surface area contributed by atoms with Gasteiger partial charge in [0.15, 0.2) is 0 Å². The van der Waals surface area contributed by atoms with Gasteiger partial charge in [-0.3, -0.25) is 0 Å². The van der Waals surface area contributed by atoms with Gasteiger partial charge < -0.3 is 0 Å². The number of hydrogen-bond donors (Lipinski definition) is 0. The summed E-state index contributed by atoms with van der Waals surface area (Å²) in [5.74, 6) is 3.71. The zero-order valence-corrected chi connectivity index (χ0v) is 20.4. The summed E-state index contributed by atoms with van der Waals surface area (Å²) in [7, 11) is 0. The molecule has 0 aromatic heterocycles. The molecule has 29 heavy (non-hydrogen) atoms. The zero-order chi connectivity index (χ0) is 20.9. The summed E-state index contributed by atoms with van der Waals surface area (Å²) in [6, 6.07) is 0. The van der Waals surface area contributed by atoms with Crippen molar-refractivity contribution in [3.05, 3.63) is 23.3 Å². The van der Waals surface area contributed by atoms with Gasteiger partial charge in [0.2, 0.25) is 0 Å². The minimum atomic E-state index is 0.498. The lowest BCUT2D eigenvalue weighted by Gasteiger charge is -2.61. The molecule has 3 fully saturated rings. The van der Waals surface area contributed by atoms with E-state index in [4.69, 9.17) is 0 Å². The Kier molecular flexibility index (Phi) is 5.89. The van der Waals surface area contributed by atoms with Gasteiger partial charge in [0, 0.05) is 0 Å². The van der Waals surface area contributed by atoms with E-state index in [1.165, 1.54) is 77.0 Å². The molecule has 2 unspecified atom stereocenters. The van der Waals surface area contributed by atoms with E-state index >= 15 is 0 Å². The van der Waals surface area contributed by atoms with Gasteiger partial charge in [-0.1, -0.05) is 70.8 Å². The molecular formula is C29H48. The van der Waals surface area contributed by atoms with Gasteiger partial charge >= 0.3 is 0 Å². The second-order valence-corrected chi connectivity index (χ2v) is 12.2. The highest BCUT2D eigenvalue weighted by Crippen LogP contribution is 2.66. The van der Waals surface area contributed by atoms with E-state index in [0.717, 1.165) is 23.7 Å². The summed E-state index contributed by atoms with van der Waals surface area (Å²) < 4.78 is 0. The average Bonchev–Trinajstić information content (AvgIpc) is 2.86. The van der Waals surface area contributed by atoms with Gasteiger partial charge in [0.25, 0.3) is 0 Å². The Bertz CT molecular complexity index is 668. The summed E-state index contributed by atoms with van der Waals surface area (Å²) in [6.45, 7) is 15.1. The number of hydrogen-bond acceptors (Lipinski definition) is 0. The molecule has 3 saturated carbocycles. The molecule has 0 bridgehead atoms. The smallest absolute Gasteiger partial charge is 0.00851 e. The quantitative estimate of drug-likeness (QED) is 0.417. The molecule has 4 rings (SSSR count). The predicted molar refractivity (Wildman–Crippen MR) is 127 cm³/mol. The average molecular weight is 397 g/mol. The minimum Gasteiger partial charge on any atom is -0.0882 e. The molecule has 0 N–H and O–H groups in total. The largest absolute Gasteiger partial charge is 0.0882 e. The topological polar surface area (TPSA) is 0 Å². The molecule has 0 aromatic rings. The van der Waals surface area contributed by atoms with Crippen LogP contribution in [-0.4, -0.2) is 0 Å². The van der Waals surface area contributed by atoms with Crippen molar-refractivity contribution < 1.29 is 0 Å². The van der Waals surface area contributed by atoms with Crippen molar-refractivity contribution in [2.75, 3.05) is 0 Å². The third-order valence-corrected chi connectivity index (χ3v) is 11.2. The van der Waals surface area contributed by atoms with Crippen LogP contribution in [0.4, 0.5) is 0 Å². The van der Waals surface area contributed by atoms with Crippen LogP contribution in [0.3, 0.4) is 0 Å². The highest BCUT2D eigenvalue weighted by atomic mass is 14.6. The van der Waals surface area contributed by atoms with Crippen molar-refractivity contribution >= 4 is 0 Å². The lowest BCUT2D eigenvalue weighted by molar-refractivity contribution is -0.0825. The summed E-state index contributed by atoms with van der Waals surface area (Å²) in [6.07, 6.45) is 22.3. The van der Waals surface area contributed by atoms with Crippen molar-refractivity contribution in [2.24, 2.45) is 39.9 Å². The molecule has 0 nitrogen and oxygen atoms in total. The summed E-state index contributed by atoms with van der Waals surface area (Å²) in [5.41, 5.74) is 5.27. The van der Waals surface area contributed by atoms with E-state index in [9.17, 15) is 0 Å². The van der Waals surface area contributed by atoms with Crippen molar-refractivity contribution in [1.82, 2.24) is 0 Å². The molecular weight excluding hydrogens is 348 g/mol. The van der Waals surface area contributed by atoms with Crippen LogP contribution in [0.1, 0.15) is 119 Å². The van der Waals surface area contributed by atoms with Crippen LogP contribution >= 0.6 is 0 Å². The second kappa shape index (κ2) is 7.87. The minimum absolute atomic E-state index is 0.498. The molecule has 0 aliphatic heterocycles. The molecule has 0 aromatic carbocycles. The number of rotatable bonds is 3. The maximum Gasteiger partial charge on any atom is -0.00851 e. The van der Waals surface area contributed by atoms with Crippen LogP contribution in [-0.2, 0) is 0 Å². The maximum absolute atomic E-state index is 2.77. The Morgan fingerprint density at radius 1 is 1.00 bits per heavy atom. The van der Waals surface area contributed by atoms with Crippen molar-refractivity contribution in [3.63, 3.8) is 0 Å². The van der Waals surface area contributed by atoms with Crippen LogP contribution < -0.4 is 0 Å². The molecule has 164 valence electrons. The predicted octanol–water partition coefficient (Wildman–Crippen LogP) is 9.12. The lowest BCUT2D eigenvalue weighted by atomic mass is 9.44. The third-order valence-electron chi connectivity index (χ3n) is 11.2. The van der Waals surface area contributed by atoms with Gasteiger partial charge in [-0.15, -0.1) is 0 Å². The van der Waals surface area contributed by atoms with Gasteiger partial charge in [-0.25, -0.2) is 0 Å². The molecule has 0 heteroatoms. The first kappa shape index (κ1) is 21.7. The first-order chi connectivity index (χ1) is 13.8. The number of allylic oxidation sites excluding steroid dienone is 4. The number of fused-ring (bicyclic) bond motifs is 5. The van der Waals surface area contributed by atoms with Crippen LogP contribution in [0.25, 0.3) is 0 Å². The maximum atomic E-state index is 2.77. The Balaban J connectivity index is 1.64. The Morgan fingerprint density at radius 3 is 2.48 bits per heavy atom. The van der Waals surface area contributed by atoms with Gasteiger partial charge in [0.05, 0.1) is 0 Å². The monoisotopic (exact) mass is 396 g/mol. The second-order valence-electron chi connectivity index (χ2n) is 12.2. The van der Waals surface area contributed by atoms with Crippen LogP contribution in [0.5, 0.6) is 0 Å². The Hall–Kier alpha value is -0.520. The van der Waals surface area contributed by atoms with E-state index in [0.29, 0.717) is 16.2 Å². The molecule has 0 amide bonds. The van der Waals surface area contributed by atoms with Gasteiger partial charge in [-0.05, 0) is 111 Å². The third kappa shape index (κ3) is 3.40. The van der Waals surface area contributed by atoms with E-state index < -0.39 is 0 Å². The van der Waals surface area contributed by atoms with E-state index in [1.807, 2.05) is 5.57 Å². The van der Waals surface area contributed by atoms with Crippen molar-refractivity contribution in [3.8, 4) is 0 Å². The highest BCUT2D eigenvalue weighted by molar-refractivity contribution is 5.25. The van der Waals surface area contributed by atoms with E-state index in [1.54, 1.807) is 5.57 Å². The van der Waals surface area contributed by atoms with E-state index in [2.05, 4.69) is 53.7 Å². The van der Waals surface area contributed by atoms with Gasteiger partial charge in [-0.2, -0.15) is 0 Å². The molecule has 4 aliphatic carbocycles. The summed E-state index contributed by atoms with van der Waals surface area (Å²) >= 11 is 0. The Labute approximate surface area is 182 Å². The molecule has 0 spiro atoms. The van der Waals surface area contributed by atoms with Crippen LogP contribution in [0, 0.1) is 39.9 Å². The lowest BCUT2D eigenvalue weighted by Crippen LogP contribution is -2.53. The molecule has 0 heterocycles. The standard InChI is InChI=1S/C29H48/c1-7-21(8-2)24-11-10-12-25-23-14-13-22-15-17-27(4,9-3)19-20-28(22,5)26(23)16-18-29(24,25)6/h7,13,23-26H,8-12,14-20H2,1-6H3/b21-7-/t23-,24?,25-,26-,27-,28?,29+/m0/s1. The van der Waals surface area contributed by atoms with Crippen LogP contribution in [0.2, 0.25) is 0 Å². The fraction of sp³-hybridized carbons (Fsp3) is 0.862. The highest BCUT2D eigenvalue weighted by Gasteiger charge is 2.57. The zero-order valence-electron chi connectivity index (χ0n) is 20.4. The van der Waals surface area contributed by atoms with Crippen molar-refractivity contribution in [1.29, 1.82) is 0 Å². The first-order valence-corrected chi connectivity index (χ1v) is 13.2. The molecule has 0 radical (unpaired) electrons. The fourth-order valence-electron chi connectivity index (χ4n) is 8.82. The van der Waals surface area contributed by atoms with Crippen molar-refractivity contribution in [2.45, 2.75) is 119 Å².